The van der Waals surface area contributed by atoms with Gasteiger partial charge in [-0.05, 0) is 24.3 Å². The number of nitriles is 1. The van der Waals surface area contributed by atoms with Crippen molar-refractivity contribution >= 4 is 17.5 Å². The summed E-state index contributed by atoms with van der Waals surface area (Å²) in [6.45, 7) is 2.51. The van der Waals surface area contributed by atoms with Crippen LogP contribution >= 0.6 is 11.6 Å². The summed E-state index contributed by atoms with van der Waals surface area (Å²) in [4.78, 5) is 16.7. The van der Waals surface area contributed by atoms with E-state index in [-0.39, 0.29) is 12.7 Å². The van der Waals surface area contributed by atoms with Crippen LogP contribution in [0, 0.1) is 11.3 Å². The van der Waals surface area contributed by atoms with Crippen LogP contribution in [0.2, 0.25) is 5.02 Å². The van der Waals surface area contributed by atoms with Crippen LogP contribution in [-0.4, -0.2) is 48.7 Å². The Labute approximate surface area is 162 Å². The number of carbonyl (C=O) groups is 1. The van der Waals surface area contributed by atoms with Crippen molar-refractivity contribution in [3.63, 3.8) is 0 Å². The van der Waals surface area contributed by atoms with Crippen LogP contribution in [0.3, 0.4) is 0 Å². The lowest BCUT2D eigenvalue weighted by molar-refractivity contribution is 0.0606. The van der Waals surface area contributed by atoms with E-state index in [2.05, 4.69) is 11.0 Å². The third-order valence-electron chi connectivity index (χ3n) is 4.91. The highest BCUT2D eigenvalue weighted by atomic mass is 35.5. The number of ether oxygens (including phenoxy) is 2. The first-order valence-corrected chi connectivity index (χ1v) is 9.12. The Morgan fingerprint density at radius 1 is 1.07 bits per heavy atom. The van der Waals surface area contributed by atoms with E-state index < -0.39 is 6.04 Å². The van der Waals surface area contributed by atoms with Gasteiger partial charge < -0.3 is 14.4 Å². The summed E-state index contributed by atoms with van der Waals surface area (Å²) in [5.74, 6) is 1.22. The molecule has 0 bridgehead atoms. The molecule has 1 atom stereocenters. The van der Waals surface area contributed by atoms with Crippen LogP contribution in [0.1, 0.15) is 22.0 Å². The average Bonchev–Trinajstić information content (AvgIpc) is 3.18. The number of piperazine rings is 1. The van der Waals surface area contributed by atoms with Gasteiger partial charge in [-0.25, -0.2) is 0 Å². The molecule has 2 aromatic rings. The second-order valence-electron chi connectivity index (χ2n) is 6.45. The molecule has 2 heterocycles. The first kappa shape index (κ1) is 17.7. The Bertz CT molecular complexity index is 904. The Hall–Kier alpha value is -2.75. The largest absolute Gasteiger partial charge is 0.454 e. The SMILES string of the molecule is N#CC(c1ccccc1Cl)N1CCN(C(=O)c2ccc3c(c2)OCO3)CC1. The maximum absolute atomic E-state index is 12.8. The van der Waals surface area contributed by atoms with E-state index in [0.29, 0.717) is 48.3 Å². The third-order valence-corrected chi connectivity index (χ3v) is 5.25. The number of benzene rings is 2. The highest BCUT2D eigenvalue weighted by molar-refractivity contribution is 6.31. The smallest absolute Gasteiger partial charge is 0.254 e. The van der Waals surface area contributed by atoms with Crippen molar-refractivity contribution in [2.75, 3.05) is 33.0 Å². The lowest BCUT2D eigenvalue weighted by Gasteiger charge is -2.37. The molecule has 1 fully saturated rings. The van der Waals surface area contributed by atoms with Crippen molar-refractivity contribution in [3.05, 3.63) is 58.6 Å². The fraction of sp³-hybridized carbons (Fsp3) is 0.300. The highest BCUT2D eigenvalue weighted by Gasteiger charge is 2.29. The van der Waals surface area contributed by atoms with E-state index in [9.17, 15) is 10.1 Å². The van der Waals surface area contributed by atoms with Crippen molar-refractivity contribution in [1.29, 1.82) is 5.26 Å². The van der Waals surface area contributed by atoms with E-state index in [1.807, 2.05) is 18.2 Å². The van der Waals surface area contributed by atoms with E-state index in [0.717, 1.165) is 5.56 Å². The lowest BCUT2D eigenvalue weighted by Crippen LogP contribution is -2.49. The maximum atomic E-state index is 12.8. The number of hydrogen-bond donors (Lipinski definition) is 0. The van der Waals surface area contributed by atoms with E-state index in [4.69, 9.17) is 21.1 Å². The Morgan fingerprint density at radius 2 is 1.81 bits per heavy atom. The molecule has 0 aromatic heterocycles. The maximum Gasteiger partial charge on any atom is 0.254 e. The minimum atomic E-state index is -0.415. The summed E-state index contributed by atoms with van der Waals surface area (Å²) in [6, 6.07) is 14.6. The molecule has 2 aliphatic heterocycles. The first-order valence-electron chi connectivity index (χ1n) is 8.74. The fourth-order valence-electron chi connectivity index (χ4n) is 3.44. The molecule has 0 aliphatic carbocycles. The zero-order chi connectivity index (χ0) is 18.8. The van der Waals surface area contributed by atoms with Crippen LogP contribution in [0.4, 0.5) is 0 Å². The second kappa shape index (κ2) is 7.47. The molecular weight excluding hydrogens is 366 g/mol. The van der Waals surface area contributed by atoms with Gasteiger partial charge in [-0.1, -0.05) is 29.8 Å². The van der Waals surface area contributed by atoms with Gasteiger partial charge in [0.1, 0.15) is 6.04 Å². The molecule has 2 aliphatic rings. The van der Waals surface area contributed by atoms with Crippen molar-refractivity contribution in [2.45, 2.75) is 6.04 Å². The molecule has 27 heavy (non-hydrogen) atoms. The van der Waals surface area contributed by atoms with Crippen molar-refractivity contribution in [1.82, 2.24) is 9.80 Å². The topological polar surface area (TPSA) is 65.8 Å². The van der Waals surface area contributed by atoms with Crippen molar-refractivity contribution in [2.24, 2.45) is 0 Å². The number of nitrogens with zero attached hydrogens (tertiary/aromatic N) is 3. The standard InChI is InChI=1S/C20H18ClN3O3/c21-16-4-2-1-3-15(16)17(12-22)23-7-9-24(10-8-23)20(25)14-5-6-18-19(11-14)27-13-26-18/h1-6,11,17H,7-10,13H2. The van der Waals surface area contributed by atoms with Gasteiger partial charge >= 0.3 is 0 Å². The molecule has 0 spiro atoms. The Kier molecular flexibility index (Phi) is 4.88. The Balaban J connectivity index is 1.43. The zero-order valence-electron chi connectivity index (χ0n) is 14.6. The number of fused-ring (bicyclic) bond motifs is 1. The molecule has 6 nitrogen and oxygen atoms in total. The lowest BCUT2D eigenvalue weighted by atomic mass is 10.1. The third kappa shape index (κ3) is 3.44. The quantitative estimate of drug-likeness (QED) is 0.814. The predicted molar refractivity (Wildman–Crippen MR) is 99.8 cm³/mol. The van der Waals surface area contributed by atoms with Crippen LogP contribution in [0.25, 0.3) is 0 Å². The number of rotatable bonds is 3. The minimum absolute atomic E-state index is 0.0424. The van der Waals surface area contributed by atoms with Gasteiger partial charge in [-0.3, -0.25) is 9.69 Å². The molecule has 2 aromatic carbocycles. The molecule has 1 saturated heterocycles. The molecular formula is C20H18ClN3O3. The number of carbonyl (C=O) groups excluding carboxylic acids is 1. The highest BCUT2D eigenvalue weighted by Crippen LogP contribution is 2.33. The fourth-order valence-corrected chi connectivity index (χ4v) is 3.68. The monoisotopic (exact) mass is 383 g/mol. The Morgan fingerprint density at radius 3 is 2.56 bits per heavy atom. The van der Waals surface area contributed by atoms with Gasteiger partial charge in [0.2, 0.25) is 6.79 Å². The van der Waals surface area contributed by atoms with Gasteiger partial charge in [0.15, 0.2) is 11.5 Å². The summed E-state index contributed by atoms with van der Waals surface area (Å²) < 4.78 is 10.6. The predicted octanol–water partition coefficient (Wildman–Crippen LogP) is 3.09. The molecule has 0 radical (unpaired) electrons. The summed E-state index contributed by atoms with van der Waals surface area (Å²) in [7, 11) is 0. The molecule has 0 saturated carbocycles. The van der Waals surface area contributed by atoms with Crippen molar-refractivity contribution in [3.8, 4) is 17.6 Å². The summed E-state index contributed by atoms with van der Waals surface area (Å²) in [5, 5.41) is 10.2. The zero-order valence-corrected chi connectivity index (χ0v) is 15.4. The molecule has 0 N–H and O–H groups in total. The molecule has 4 rings (SSSR count). The van der Waals surface area contributed by atoms with Gasteiger partial charge in [-0.2, -0.15) is 5.26 Å². The molecule has 138 valence electrons. The van der Waals surface area contributed by atoms with Crippen LogP contribution in [-0.2, 0) is 0 Å². The number of amides is 1. The number of halogens is 1. The van der Waals surface area contributed by atoms with Crippen LogP contribution in [0.5, 0.6) is 11.5 Å². The summed E-state index contributed by atoms with van der Waals surface area (Å²) >= 11 is 6.26. The minimum Gasteiger partial charge on any atom is -0.454 e. The van der Waals surface area contributed by atoms with Gasteiger partial charge in [-0.15, -0.1) is 0 Å². The number of hydrogen-bond acceptors (Lipinski definition) is 5. The van der Waals surface area contributed by atoms with Crippen molar-refractivity contribution < 1.29 is 14.3 Å². The van der Waals surface area contributed by atoms with Gasteiger partial charge in [0.05, 0.1) is 6.07 Å². The van der Waals surface area contributed by atoms with Gasteiger partial charge in [0, 0.05) is 42.3 Å². The van der Waals surface area contributed by atoms with E-state index in [1.165, 1.54) is 0 Å². The summed E-state index contributed by atoms with van der Waals surface area (Å²) in [6.07, 6.45) is 0. The molecule has 1 amide bonds. The van der Waals surface area contributed by atoms with Crippen LogP contribution < -0.4 is 9.47 Å². The van der Waals surface area contributed by atoms with Gasteiger partial charge in [0.25, 0.3) is 5.91 Å². The second-order valence-corrected chi connectivity index (χ2v) is 6.86. The molecule has 7 heteroatoms. The molecule has 1 unspecified atom stereocenters. The van der Waals surface area contributed by atoms with Crippen LogP contribution in [0.15, 0.2) is 42.5 Å². The summed E-state index contributed by atoms with van der Waals surface area (Å²) in [5.41, 5.74) is 1.38. The normalized spacial score (nSPS) is 17.4. The van der Waals surface area contributed by atoms with E-state index in [1.54, 1.807) is 29.2 Å². The van der Waals surface area contributed by atoms with E-state index >= 15 is 0 Å². The average molecular weight is 384 g/mol. The first-order chi connectivity index (χ1) is 13.2.